The Labute approximate surface area is 143 Å². The minimum absolute atomic E-state index is 0.353. The van der Waals surface area contributed by atoms with Crippen molar-refractivity contribution in [1.29, 1.82) is 0 Å². The van der Waals surface area contributed by atoms with Gasteiger partial charge in [0.25, 0.3) is 5.56 Å². The van der Waals surface area contributed by atoms with Crippen LogP contribution in [0.4, 0.5) is 0 Å². The van der Waals surface area contributed by atoms with Crippen molar-refractivity contribution in [1.82, 2.24) is 19.1 Å². The van der Waals surface area contributed by atoms with Gasteiger partial charge in [-0.15, -0.1) is 11.3 Å². The zero-order valence-electron chi connectivity index (χ0n) is 14.0. The third-order valence-corrected chi connectivity index (χ3v) is 4.96. The quantitative estimate of drug-likeness (QED) is 0.714. The van der Waals surface area contributed by atoms with Crippen molar-refractivity contribution in [3.05, 3.63) is 38.4 Å². The minimum atomic E-state index is -0.376. The van der Waals surface area contributed by atoms with E-state index in [-0.39, 0.29) is 11.2 Å². The molecule has 3 heterocycles. The molecule has 1 N–H and O–H groups in total. The lowest BCUT2D eigenvalue weighted by Gasteiger charge is -2.07. The van der Waals surface area contributed by atoms with Crippen molar-refractivity contribution in [2.75, 3.05) is 0 Å². The fraction of sp³-hybridized carbons (Fsp3) is 0.471. The zero-order valence-corrected chi connectivity index (χ0v) is 14.9. The van der Waals surface area contributed by atoms with Gasteiger partial charge in [0, 0.05) is 13.1 Å². The second-order valence-electron chi connectivity index (χ2n) is 5.85. The second kappa shape index (κ2) is 7.17. The molecule has 24 heavy (non-hydrogen) atoms. The summed E-state index contributed by atoms with van der Waals surface area (Å²) in [5.74, 6) is 0.773. The number of aromatic amines is 1. The molecule has 0 aliphatic heterocycles. The van der Waals surface area contributed by atoms with Gasteiger partial charge in [-0.2, -0.15) is 0 Å². The van der Waals surface area contributed by atoms with Gasteiger partial charge >= 0.3 is 5.69 Å². The number of thiophene rings is 1. The number of rotatable bonds is 7. The SMILES string of the molecule is CCCCn1c(-c2cccs2)nc2c1c(=O)[nH]c(=O)n2CCCC. The van der Waals surface area contributed by atoms with Crippen molar-refractivity contribution in [3.8, 4) is 10.7 Å². The van der Waals surface area contributed by atoms with Crippen LogP contribution in [0.5, 0.6) is 0 Å². The monoisotopic (exact) mass is 346 g/mol. The van der Waals surface area contributed by atoms with Gasteiger partial charge in [0.15, 0.2) is 17.0 Å². The number of imidazole rings is 1. The highest BCUT2D eigenvalue weighted by molar-refractivity contribution is 7.13. The third kappa shape index (κ3) is 2.96. The molecule has 0 saturated carbocycles. The first-order valence-corrected chi connectivity index (χ1v) is 9.32. The third-order valence-electron chi connectivity index (χ3n) is 4.10. The van der Waals surface area contributed by atoms with Gasteiger partial charge in [-0.1, -0.05) is 32.8 Å². The standard InChI is InChI=1S/C17H22N4O2S/c1-3-5-9-20-13-15(18-14(20)12-8-7-11-24-12)21(10-6-4-2)17(23)19-16(13)22/h7-8,11H,3-6,9-10H2,1-2H3,(H,19,22,23). The highest BCUT2D eigenvalue weighted by atomic mass is 32.1. The summed E-state index contributed by atoms with van der Waals surface area (Å²) in [6, 6.07) is 3.97. The molecule has 0 amide bonds. The summed E-state index contributed by atoms with van der Waals surface area (Å²) in [5, 5.41) is 1.99. The van der Waals surface area contributed by atoms with E-state index in [1.165, 1.54) is 0 Å². The number of aryl methyl sites for hydroxylation is 2. The molecule has 0 atom stereocenters. The van der Waals surface area contributed by atoms with Crippen molar-refractivity contribution in [3.63, 3.8) is 0 Å². The van der Waals surface area contributed by atoms with E-state index in [9.17, 15) is 9.59 Å². The molecule has 3 rings (SSSR count). The summed E-state index contributed by atoms with van der Waals surface area (Å²) in [7, 11) is 0. The average molecular weight is 346 g/mol. The molecule has 0 aliphatic rings. The maximum atomic E-state index is 12.5. The molecule has 0 aromatic carbocycles. The van der Waals surface area contributed by atoms with E-state index in [2.05, 4.69) is 18.8 Å². The number of nitrogens with one attached hydrogen (secondary N) is 1. The van der Waals surface area contributed by atoms with E-state index in [1.54, 1.807) is 15.9 Å². The lowest BCUT2D eigenvalue weighted by atomic mass is 10.3. The molecule has 0 radical (unpaired) electrons. The molecule has 128 valence electrons. The summed E-state index contributed by atoms with van der Waals surface area (Å²) < 4.78 is 3.56. The Bertz CT molecular complexity index is 934. The molecule has 0 aliphatic carbocycles. The first kappa shape index (κ1) is 16.7. The Balaban J connectivity index is 2.29. The van der Waals surface area contributed by atoms with Crippen molar-refractivity contribution in [2.45, 2.75) is 52.6 Å². The summed E-state index contributed by atoms with van der Waals surface area (Å²) in [4.78, 5) is 32.9. The van der Waals surface area contributed by atoms with Crippen LogP contribution in [0.2, 0.25) is 0 Å². The van der Waals surface area contributed by atoms with Crippen LogP contribution >= 0.6 is 11.3 Å². The summed E-state index contributed by atoms with van der Waals surface area (Å²) >= 11 is 1.59. The fourth-order valence-corrected chi connectivity index (χ4v) is 3.55. The second-order valence-corrected chi connectivity index (χ2v) is 6.80. The number of unbranched alkanes of at least 4 members (excludes halogenated alkanes) is 2. The number of aromatic nitrogens is 4. The van der Waals surface area contributed by atoms with E-state index in [4.69, 9.17) is 4.98 Å². The molecule has 0 bridgehead atoms. The van der Waals surface area contributed by atoms with Crippen LogP contribution in [0.25, 0.3) is 21.9 Å². The molecule has 0 saturated heterocycles. The number of H-pyrrole nitrogens is 1. The Morgan fingerprint density at radius 3 is 2.46 bits per heavy atom. The Kier molecular flexibility index (Phi) is 4.99. The normalized spacial score (nSPS) is 11.4. The Morgan fingerprint density at radius 2 is 1.83 bits per heavy atom. The topological polar surface area (TPSA) is 72.7 Å². The van der Waals surface area contributed by atoms with Crippen LogP contribution in [-0.4, -0.2) is 19.1 Å². The zero-order chi connectivity index (χ0) is 17.1. The van der Waals surface area contributed by atoms with Gasteiger partial charge in [0.2, 0.25) is 0 Å². The van der Waals surface area contributed by atoms with Crippen LogP contribution in [0.1, 0.15) is 39.5 Å². The summed E-state index contributed by atoms with van der Waals surface area (Å²) in [6.45, 7) is 5.47. The van der Waals surface area contributed by atoms with Crippen molar-refractivity contribution < 1.29 is 0 Å². The number of hydrogen-bond donors (Lipinski definition) is 1. The van der Waals surface area contributed by atoms with Crippen LogP contribution in [0.3, 0.4) is 0 Å². The van der Waals surface area contributed by atoms with E-state index < -0.39 is 0 Å². The van der Waals surface area contributed by atoms with Crippen LogP contribution < -0.4 is 11.2 Å². The first-order chi connectivity index (χ1) is 11.7. The Hall–Kier alpha value is -2.15. The van der Waals surface area contributed by atoms with E-state index in [0.29, 0.717) is 17.7 Å². The van der Waals surface area contributed by atoms with Gasteiger partial charge in [0.05, 0.1) is 4.88 Å². The fourth-order valence-electron chi connectivity index (χ4n) is 2.82. The molecule has 6 nitrogen and oxygen atoms in total. The summed E-state index contributed by atoms with van der Waals surface area (Å²) in [5.41, 5.74) is 0.271. The van der Waals surface area contributed by atoms with Gasteiger partial charge < -0.3 is 4.57 Å². The van der Waals surface area contributed by atoms with Gasteiger partial charge in [-0.3, -0.25) is 14.3 Å². The predicted molar refractivity (Wildman–Crippen MR) is 97.7 cm³/mol. The molecular formula is C17H22N4O2S. The van der Waals surface area contributed by atoms with Gasteiger partial charge in [-0.05, 0) is 24.3 Å². The van der Waals surface area contributed by atoms with Crippen LogP contribution in [0.15, 0.2) is 27.1 Å². The highest BCUT2D eigenvalue weighted by Crippen LogP contribution is 2.27. The molecule has 0 fully saturated rings. The Morgan fingerprint density at radius 1 is 1.12 bits per heavy atom. The lowest BCUT2D eigenvalue weighted by Crippen LogP contribution is -2.31. The number of fused-ring (bicyclic) bond motifs is 1. The number of nitrogens with zero attached hydrogens (tertiary/aromatic N) is 3. The lowest BCUT2D eigenvalue weighted by molar-refractivity contribution is 0.611. The molecule has 3 aromatic heterocycles. The average Bonchev–Trinajstić information content (AvgIpc) is 3.20. The maximum absolute atomic E-state index is 12.5. The molecule has 0 spiro atoms. The molecule has 0 unspecified atom stereocenters. The van der Waals surface area contributed by atoms with Crippen molar-refractivity contribution >= 4 is 22.5 Å². The minimum Gasteiger partial charge on any atom is -0.317 e. The maximum Gasteiger partial charge on any atom is 0.330 e. The summed E-state index contributed by atoms with van der Waals surface area (Å²) in [6.07, 6.45) is 3.83. The van der Waals surface area contributed by atoms with E-state index in [0.717, 1.165) is 42.9 Å². The smallest absolute Gasteiger partial charge is 0.317 e. The molecule has 3 aromatic rings. The predicted octanol–water partition coefficient (Wildman–Crippen LogP) is 3.22. The van der Waals surface area contributed by atoms with Crippen molar-refractivity contribution in [2.24, 2.45) is 0 Å². The molecular weight excluding hydrogens is 324 g/mol. The van der Waals surface area contributed by atoms with E-state index in [1.807, 2.05) is 22.1 Å². The number of hydrogen-bond acceptors (Lipinski definition) is 4. The van der Waals surface area contributed by atoms with E-state index >= 15 is 0 Å². The highest BCUT2D eigenvalue weighted by Gasteiger charge is 2.19. The first-order valence-electron chi connectivity index (χ1n) is 8.44. The largest absolute Gasteiger partial charge is 0.330 e. The van der Waals surface area contributed by atoms with Gasteiger partial charge in [0.1, 0.15) is 0 Å². The van der Waals surface area contributed by atoms with Gasteiger partial charge in [-0.25, -0.2) is 9.78 Å². The molecule has 7 heteroatoms. The van der Waals surface area contributed by atoms with Crippen LogP contribution in [-0.2, 0) is 13.1 Å². The van der Waals surface area contributed by atoms with Crippen LogP contribution in [0, 0.1) is 0 Å².